The number of nitrogens with zero attached hydrogens (tertiary/aromatic N) is 3. The second-order valence-corrected chi connectivity index (χ2v) is 9.29. The number of carbonyl (C=O) groups excluding carboxylic acids is 1. The molecule has 0 bridgehead atoms. The Balaban J connectivity index is 1.55. The Morgan fingerprint density at radius 3 is 2.72 bits per heavy atom. The van der Waals surface area contributed by atoms with Crippen molar-refractivity contribution in [2.24, 2.45) is 5.73 Å². The van der Waals surface area contributed by atoms with Crippen molar-refractivity contribution in [2.45, 2.75) is 26.0 Å². The fourth-order valence-electron chi connectivity index (χ4n) is 3.45. The zero-order valence-corrected chi connectivity index (χ0v) is 19.0. The second-order valence-electron chi connectivity index (χ2n) is 8.24. The third-order valence-corrected chi connectivity index (χ3v) is 6.31. The Morgan fingerprint density at radius 1 is 1.28 bits per heavy atom. The molecule has 1 fully saturated rings. The maximum absolute atomic E-state index is 12.1. The standard InChI is InChI=1S/C23H27N5O3S/c1-23(2,30)19-7-6-15(13-25-19)18-12-17(21(24)29)22(32-18)27-20-5-3-4-16(26-20)14-28-8-10-31-11-9-28/h3-7,12-13,30H,8-11,14H2,1-2H3,(H2,24,29)(H,26,27). The van der Waals surface area contributed by atoms with Crippen LogP contribution >= 0.6 is 11.3 Å². The van der Waals surface area contributed by atoms with Crippen LogP contribution in [0.2, 0.25) is 0 Å². The van der Waals surface area contributed by atoms with Crippen LogP contribution in [-0.4, -0.2) is 52.2 Å². The third-order valence-electron chi connectivity index (χ3n) is 5.21. The maximum Gasteiger partial charge on any atom is 0.251 e. The van der Waals surface area contributed by atoms with E-state index in [1.165, 1.54) is 11.3 Å². The molecule has 0 unspecified atom stereocenters. The Morgan fingerprint density at radius 2 is 2.06 bits per heavy atom. The van der Waals surface area contributed by atoms with Crippen LogP contribution in [0.15, 0.2) is 42.6 Å². The van der Waals surface area contributed by atoms with E-state index in [-0.39, 0.29) is 0 Å². The van der Waals surface area contributed by atoms with Gasteiger partial charge in [0, 0.05) is 36.3 Å². The summed E-state index contributed by atoms with van der Waals surface area (Å²) in [5, 5.41) is 14.0. The highest BCUT2D eigenvalue weighted by atomic mass is 32.1. The van der Waals surface area contributed by atoms with Gasteiger partial charge in [-0.05, 0) is 38.1 Å². The number of thiophene rings is 1. The fraction of sp³-hybridized carbons (Fsp3) is 0.348. The molecule has 1 aliphatic rings. The third kappa shape index (κ3) is 5.31. The maximum atomic E-state index is 12.1. The molecule has 8 nitrogen and oxygen atoms in total. The zero-order valence-electron chi connectivity index (χ0n) is 18.2. The molecular weight excluding hydrogens is 426 g/mol. The SMILES string of the molecule is CC(C)(O)c1ccc(-c2cc(C(N)=O)c(Nc3cccc(CN4CCOCC4)n3)s2)cn1. The molecule has 3 aromatic heterocycles. The molecule has 0 saturated carbocycles. The van der Waals surface area contributed by atoms with Gasteiger partial charge in [0.05, 0.1) is 30.2 Å². The van der Waals surface area contributed by atoms with E-state index in [1.807, 2.05) is 24.3 Å². The van der Waals surface area contributed by atoms with Crippen LogP contribution in [0.4, 0.5) is 10.8 Å². The van der Waals surface area contributed by atoms with Crippen LogP contribution in [0.3, 0.4) is 0 Å². The van der Waals surface area contributed by atoms with Crippen molar-refractivity contribution < 1.29 is 14.6 Å². The lowest BCUT2D eigenvalue weighted by Gasteiger charge is -2.26. The second kappa shape index (κ2) is 9.33. The number of amides is 1. The van der Waals surface area contributed by atoms with Gasteiger partial charge >= 0.3 is 0 Å². The number of rotatable bonds is 7. The summed E-state index contributed by atoms with van der Waals surface area (Å²) in [6.45, 7) is 7.38. The van der Waals surface area contributed by atoms with Crippen molar-refractivity contribution in [3.63, 3.8) is 0 Å². The van der Waals surface area contributed by atoms with E-state index in [4.69, 9.17) is 15.5 Å². The van der Waals surface area contributed by atoms with Crippen LogP contribution in [0, 0.1) is 0 Å². The van der Waals surface area contributed by atoms with E-state index >= 15 is 0 Å². The topological polar surface area (TPSA) is 114 Å². The molecule has 4 rings (SSSR count). The first kappa shape index (κ1) is 22.3. The first-order chi connectivity index (χ1) is 15.3. The van der Waals surface area contributed by atoms with Crippen LogP contribution in [0.5, 0.6) is 0 Å². The largest absolute Gasteiger partial charge is 0.384 e. The van der Waals surface area contributed by atoms with E-state index in [0.717, 1.165) is 49.0 Å². The summed E-state index contributed by atoms with van der Waals surface area (Å²) in [6.07, 6.45) is 1.69. The predicted molar refractivity (Wildman–Crippen MR) is 125 cm³/mol. The number of aromatic nitrogens is 2. The van der Waals surface area contributed by atoms with Crippen molar-refractivity contribution in [3.8, 4) is 10.4 Å². The summed E-state index contributed by atoms with van der Waals surface area (Å²) in [6, 6.07) is 11.2. The fourth-order valence-corrected chi connectivity index (χ4v) is 4.51. The monoisotopic (exact) mass is 453 g/mol. The van der Waals surface area contributed by atoms with Crippen LogP contribution in [0.1, 0.15) is 35.6 Å². The molecule has 0 atom stereocenters. The summed E-state index contributed by atoms with van der Waals surface area (Å²) in [4.78, 5) is 24.3. The smallest absolute Gasteiger partial charge is 0.251 e. The molecule has 0 aliphatic carbocycles. The summed E-state index contributed by atoms with van der Waals surface area (Å²) < 4.78 is 5.40. The lowest BCUT2D eigenvalue weighted by atomic mass is 10.0. The molecule has 1 aliphatic heterocycles. The summed E-state index contributed by atoms with van der Waals surface area (Å²) in [5.74, 6) is 0.141. The van der Waals surface area contributed by atoms with E-state index in [0.29, 0.717) is 22.1 Å². The molecule has 0 spiro atoms. The minimum atomic E-state index is -1.02. The van der Waals surface area contributed by atoms with E-state index in [2.05, 4.69) is 15.2 Å². The Kier molecular flexibility index (Phi) is 6.52. The molecule has 168 valence electrons. The summed E-state index contributed by atoms with van der Waals surface area (Å²) >= 11 is 1.41. The van der Waals surface area contributed by atoms with E-state index < -0.39 is 11.5 Å². The number of aliphatic hydroxyl groups is 1. The van der Waals surface area contributed by atoms with Gasteiger partial charge in [0.15, 0.2) is 0 Å². The minimum Gasteiger partial charge on any atom is -0.384 e. The number of hydrogen-bond acceptors (Lipinski definition) is 8. The highest BCUT2D eigenvalue weighted by Gasteiger charge is 2.19. The van der Waals surface area contributed by atoms with Gasteiger partial charge in [-0.25, -0.2) is 4.98 Å². The number of hydrogen-bond donors (Lipinski definition) is 3. The number of pyridine rings is 2. The highest BCUT2D eigenvalue weighted by Crippen LogP contribution is 2.37. The number of morpholine rings is 1. The molecule has 0 radical (unpaired) electrons. The first-order valence-corrected chi connectivity index (χ1v) is 11.3. The van der Waals surface area contributed by atoms with Crippen molar-refractivity contribution in [2.75, 3.05) is 31.6 Å². The highest BCUT2D eigenvalue weighted by molar-refractivity contribution is 7.19. The average molecular weight is 454 g/mol. The lowest BCUT2D eigenvalue weighted by Crippen LogP contribution is -2.35. The summed E-state index contributed by atoms with van der Waals surface area (Å²) in [5.41, 5.74) is 7.38. The minimum absolute atomic E-state index is 0.400. The van der Waals surface area contributed by atoms with Gasteiger partial charge in [0.25, 0.3) is 5.91 Å². The van der Waals surface area contributed by atoms with Crippen LogP contribution in [-0.2, 0) is 16.9 Å². The van der Waals surface area contributed by atoms with Gasteiger partial charge < -0.3 is 20.9 Å². The van der Waals surface area contributed by atoms with Crippen molar-refractivity contribution >= 4 is 28.1 Å². The predicted octanol–water partition coefficient (Wildman–Crippen LogP) is 3.11. The van der Waals surface area contributed by atoms with Crippen molar-refractivity contribution in [1.29, 1.82) is 0 Å². The summed E-state index contributed by atoms with van der Waals surface area (Å²) in [7, 11) is 0. The van der Waals surface area contributed by atoms with Gasteiger partial charge in [-0.15, -0.1) is 11.3 Å². The number of ether oxygens (including phenoxy) is 1. The van der Waals surface area contributed by atoms with Gasteiger partial charge in [-0.2, -0.15) is 0 Å². The van der Waals surface area contributed by atoms with E-state index in [1.54, 1.807) is 32.2 Å². The molecule has 1 amide bonds. The average Bonchev–Trinajstić information content (AvgIpc) is 3.18. The number of nitrogens with one attached hydrogen (secondary N) is 1. The van der Waals surface area contributed by atoms with Crippen LogP contribution in [0.25, 0.3) is 10.4 Å². The number of primary amides is 1. The van der Waals surface area contributed by atoms with Gasteiger partial charge in [0.1, 0.15) is 16.4 Å². The molecular formula is C23H27N5O3S. The van der Waals surface area contributed by atoms with Crippen molar-refractivity contribution in [1.82, 2.24) is 14.9 Å². The van der Waals surface area contributed by atoms with Gasteiger partial charge in [-0.3, -0.25) is 14.7 Å². The molecule has 4 N–H and O–H groups in total. The molecule has 1 saturated heterocycles. The van der Waals surface area contributed by atoms with Gasteiger partial charge in [-0.1, -0.05) is 12.1 Å². The Bertz CT molecular complexity index is 1090. The quantitative estimate of drug-likeness (QED) is 0.504. The molecule has 32 heavy (non-hydrogen) atoms. The molecule has 4 heterocycles. The van der Waals surface area contributed by atoms with Crippen molar-refractivity contribution in [3.05, 3.63) is 59.5 Å². The Labute approximate surface area is 191 Å². The Hall–Kier alpha value is -2.85. The molecule has 3 aromatic rings. The van der Waals surface area contributed by atoms with Crippen LogP contribution < -0.4 is 11.1 Å². The zero-order chi connectivity index (χ0) is 22.7. The van der Waals surface area contributed by atoms with E-state index in [9.17, 15) is 9.90 Å². The molecule has 9 heteroatoms. The lowest BCUT2D eigenvalue weighted by molar-refractivity contribution is 0.0337. The normalized spacial score (nSPS) is 15.0. The van der Waals surface area contributed by atoms with Gasteiger partial charge in [0.2, 0.25) is 0 Å². The first-order valence-electron chi connectivity index (χ1n) is 10.5. The number of anilines is 2. The molecule has 0 aromatic carbocycles. The number of carbonyl (C=O) groups is 1. The number of nitrogens with two attached hydrogens (primary N) is 1.